The summed E-state index contributed by atoms with van der Waals surface area (Å²) >= 11 is 5.95. The number of halogens is 1. The summed E-state index contributed by atoms with van der Waals surface area (Å²) < 4.78 is 1.63. The Labute approximate surface area is 109 Å². The molecule has 1 aromatic heterocycles. The molecule has 0 saturated carbocycles. The number of benzene rings is 1. The van der Waals surface area contributed by atoms with Gasteiger partial charge in [0.15, 0.2) is 0 Å². The maximum Gasteiger partial charge on any atom is 0.252 e. The predicted octanol–water partition coefficient (Wildman–Crippen LogP) is 0.944. The summed E-state index contributed by atoms with van der Waals surface area (Å²) in [6.45, 7) is 0.985. The molecule has 18 heavy (non-hydrogen) atoms. The highest BCUT2D eigenvalue weighted by Crippen LogP contribution is 2.22. The van der Waals surface area contributed by atoms with Crippen LogP contribution in [0, 0.1) is 0 Å². The molecule has 7 heteroatoms. The number of rotatable bonds is 4. The molecule has 1 heterocycles. The van der Waals surface area contributed by atoms with Crippen LogP contribution in [0.5, 0.6) is 0 Å². The van der Waals surface area contributed by atoms with Gasteiger partial charge in [0.25, 0.3) is 5.91 Å². The minimum absolute atomic E-state index is 0.257. The maximum absolute atomic E-state index is 11.8. The lowest BCUT2D eigenvalue weighted by atomic mass is 10.2. The van der Waals surface area contributed by atoms with Gasteiger partial charge in [0.2, 0.25) is 0 Å². The number of amides is 1. The van der Waals surface area contributed by atoms with Gasteiger partial charge >= 0.3 is 0 Å². The summed E-state index contributed by atoms with van der Waals surface area (Å²) in [5.41, 5.74) is 6.39. The van der Waals surface area contributed by atoms with E-state index in [1.54, 1.807) is 35.3 Å². The van der Waals surface area contributed by atoms with E-state index in [1.165, 1.54) is 0 Å². The number of nitrogens with two attached hydrogens (primary N) is 1. The van der Waals surface area contributed by atoms with Crippen LogP contribution in [0.25, 0.3) is 0 Å². The molecule has 2 aromatic rings. The topological polar surface area (TPSA) is 85.8 Å². The normalized spacial score (nSPS) is 10.3. The molecule has 1 aromatic carbocycles. The summed E-state index contributed by atoms with van der Waals surface area (Å²) in [6.07, 6.45) is 3.30. The second-order valence-corrected chi connectivity index (χ2v) is 4.01. The van der Waals surface area contributed by atoms with Gasteiger partial charge in [0.05, 0.1) is 29.0 Å². The van der Waals surface area contributed by atoms with Crippen molar-refractivity contribution in [2.45, 2.75) is 6.54 Å². The number of hydrogen-bond donors (Lipinski definition) is 2. The Kier molecular flexibility index (Phi) is 3.78. The fraction of sp³-hybridized carbons (Fsp3) is 0.182. The van der Waals surface area contributed by atoms with Crippen LogP contribution in [0.4, 0.5) is 5.69 Å². The van der Waals surface area contributed by atoms with Crippen LogP contribution in [0.2, 0.25) is 5.02 Å². The first-order chi connectivity index (χ1) is 8.68. The van der Waals surface area contributed by atoms with Crippen molar-refractivity contribution in [2.24, 2.45) is 0 Å². The molecule has 0 spiro atoms. The first kappa shape index (κ1) is 12.4. The number of carbonyl (C=O) groups is 1. The second-order valence-electron chi connectivity index (χ2n) is 3.63. The molecule has 0 atom stereocenters. The summed E-state index contributed by atoms with van der Waals surface area (Å²) in [7, 11) is 0. The van der Waals surface area contributed by atoms with Crippen LogP contribution in [0.3, 0.4) is 0 Å². The van der Waals surface area contributed by atoms with Crippen LogP contribution in [0.15, 0.2) is 30.6 Å². The van der Waals surface area contributed by atoms with Crippen molar-refractivity contribution in [2.75, 3.05) is 12.3 Å². The zero-order valence-corrected chi connectivity index (χ0v) is 10.3. The molecular formula is C11H12ClN5O. The van der Waals surface area contributed by atoms with Gasteiger partial charge in [-0.2, -0.15) is 0 Å². The van der Waals surface area contributed by atoms with Gasteiger partial charge in [-0.25, -0.2) is 0 Å². The van der Waals surface area contributed by atoms with Crippen molar-refractivity contribution < 1.29 is 4.79 Å². The Balaban J connectivity index is 1.93. The third-order valence-electron chi connectivity index (χ3n) is 2.37. The highest BCUT2D eigenvalue weighted by atomic mass is 35.5. The van der Waals surface area contributed by atoms with Crippen LogP contribution in [0.1, 0.15) is 10.4 Å². The second kappa shape index (κ2) is 5.50. The number of hydrogen-bond acceptors (Lipinski definition) is 4. The molecule has 94 valence electrons. The molecular weight excluding hydrogens is 254 g/mol. The monoisotopic (exact) mass is 265 g/mol. The lowest BCUT2D eigenvalue weighted by molar-refractivity contribution is 0.0952. The largest absolute Gasteiger partial charge is 0.398 e. The molecule has 0 aliphatic heterocycles. The van der Waals surface area contributed by atoms with Crippen molar-refractivity contribution >= 4 is 23.2 Å². The van der Waals surface area contributed by atoms with Crippen molar-refractivity contribution in [3.05, 3.63) is 41.2 Å². The van der Waals surface area contributed by atoms with Crippen molar-refractivity contribution in [1.29, 1.82) is 0 Å². The highest BCUT2D eigenvalue weighted by molar-refractivity contribution is 6.36. The number of nitrogens with zero attached hydrogens (tertiary/aromatic N) is 3. The van der Waals surface area contributed by atoms with E-state index in [4.69, 9.17) is 17.3 Å². The first-order valence-electron chi connectivity index (χ1n) is 5.35. The molecule has 3 N–H and O–H groups in total. The minimum Gasteiger partial charge on any atom is -0.398 e. The van der Waals surface area contributed by atoms with Gasteiger partial charge in [-0.3, -0.25) is 9.48 Å². The zero-order valence-electron chi connectivity index (χ0n) is 9.51. The van der Waals surface area contributed by atoms with Crippen molar-refractivity contribution in [3.63, 3.8) is 0 Å². The number of anilines is 1. The third kappa shape index (κ3) is 2.78. The van der Waals surface area contributed by atoms with Gasteiger partial charge < -0.3 is 11.1 Å². The van der Waals surface area contributed by atoms with Gasteiger partial charge in [0.1, 0.15) is 0 Å². The van der Waals surface area contributed by atoms with Crippen LogP contribution in [-0.2, 0) is 6.54 Å². The van der Waals surface area contributed by atoms with E-state index in [0.717, 1.165) is 0 Å². The minimum atomic E-state index is -0.257. The standard InChI is InChI=1S/C11H12ClN5O/c12-10-8(2-1-3-9(10)13)11(18)14-4-6-17-7-5-15-16-17/h1-3,5,7H,4,6,13H2,(H,14,18). The molecule has 0 bridgehead atoms. The maximum atomic E-state index is 11.8. The van der Waals surface area contributed by atoms with E-state index in [0.29, 0.717) is 24.3 Å². The lowest BCUT2D eigenvalue weighted by Gasteiger charge is -2.07. The van der Waals surface area contributed by atoms with E-state index < -0.39 is 0 Å². The smallest absolute Gasteiger partial charge is 0.252 e. The lowest BCUT2D eigenvalue weighted by Crippen LogP contribution is -2.27. The van der Waals surface area contributed by atoms with Crippen LogP contribution < -0.4 is 11.1 Å². The quantitative estimate of drug-likeness (QED) is 0.806. The Morgan fingerprint density at radius 2 is 2.33 bits per heavy atom. The number of nitrogens with one attached hydrogen (secondary N) is 1. The molecule has 1 amide bonds. The van der Waals surface area contributed by atoms with Gasteiger partial charge in [-0.05, 0) is 12.1 Å². The van der Waals surface area contributed by atoms with E-state index in [2.05, 4.69) is 15.6 Å². The van der Waals surface area contributed by atoms with Crippen LogP contribution in [-0.4, -0.2) is 27.4 Å². The molecule has 0 unspecified atom stereocenters. The highest BCUT2D eigenvalue weighted by Gasteiger charge is 2.11. The summed E-state index contributed by atoms with van der Waals surface area (Å²) in [4.78, 5) is 11.8. The molecule has 2 rings (SSSR count). The summed E-state index contributed by atoms with van der Waals surface area (Å²) in [6, 6.07) is 4.96. The first-order valence-corrected chi connectivity index (χ1v) is 5.72. The molecule has 0 saturated heterocycles. The zero-order chi connectivity index (χ0) is 13.0. The Morgan fingerprint density at radius 1 is 1.50 bits per heavy atom. The third-order valence-corrected chi connectivity index (χ3v) is 2.79. The Hall–Kier alpha value is -2.08. The van der Waals surface area contributed by atoms with Crippen molar-refractivity contribution in [1.82, 2.24) is 20.3 Å². The van der Waals surface area contributed by atoms with E-state index >= 15 is 0 Å². The average Bonchev–Trinajstić information content (AvgIpc) is 2.85. The van der Waals surface area contributed by atoms with Crippen molar-refractivity contribution in [3.8, 4) is 0 Å². The van der Waals surface area contributed by atoms with E-state index in [9.17, 15) is 4.79 Å². The Morgan fingerprint density at radius 3 is 3.06 bits per heavy atom. The Bertz CT molecular complexity index is 540. The molecule has 0 aliphatic carbocycles. The molecule has 0 fully saturated rings. The number of carbonyl (C=O) groups excluding carboxylic acids is 1. The fourth-order valence-electron chi connectivity index (χ4n) is 1.46. The fourth-order valence-corrected chi connectivity index (χ4v) is 1.67. The number of nitrogen functional groups attached to an aromatic ring is 1. The average molecular weight is 266 g/mol. The molecule has 0 aliphatic rings. The van der Waals surface area contributed by atoms with E-state index in [1.807, 2.05) is 0 Å². The predicted molar refractivity (Wildman–Crippen MR) is 68.2 cm³/mol. The van der Waals surface area contributed by atoms with Gasteiger partial charge in [-0.15, -0.1) is 5.10 Å². The molecule has 6 nitrogen and oxygen atoms in total. The number of aromatic nitrogens is 3. The van der Waals surface area contributed by atoms with Gasteiger partial charge in [-0.1, -0.05) is 22.9 Å². The summed E-state index contributed by atoms with van der Waals surface area (Å²) in [5.74, 6) is -0.257. The summed E-state index contributed by atoms with van der Waals surface area (Å²) in [5, 5.41) is 10.5. The van der Waals surface area contributed by atoms with Crippen LogP contribution >= 0.6 is 11.6 Å². The molecule has 0 radical (unpaired) electrons. The van der Waals surface area contributed by atoms with Gasteiger partial charge in [0, 0.05) is 12.7 Å². The van der Waals surface area contributed by atoms with E-state index in [-0.39, 0.29) is 10.9 Å². The SMILES string of the molecule is Nc1cccc(C(=O)NCCn2ccnn2)c1Cl.